The van der Waals surface area contributed by atoms with Crippen molar-refractivity contribution in [3.05, 3.63) is 34.7 Å². The van der Waals surface area contributed by atoms with Crippen LogP contribution in [0.25, 0.3) is 10.1 Å². The topological polar surface area (TPSA) is 132 Å². The zero-order chi connectivity index (χ0) is 19.3. The maximum Gasteiger partial charge on any atom is 0.336 e. The molecule has 0 fully saturated rings. The highest BCUT2D eigenvalue weighted by Gasteiger charge is 2.40. The summed E-state index contributed by atoms with van der Waals surface area (Å²) in [6.07, 6.45) is -1.02. The zero-order valence-corrected chi connectivity index (χ0v) is 15.3. The summed E-state index contributed by atoms with van der Waals surface area (Å²) in [6.45, 7) is 0. The maximum atomic E-state index is 10.3. The summed E-state index contributed by atoms with van der Waals surface area (Å²) in [5.74, 6) is -2.49. The Morgan fingerprint density at radius 3 is 2.23 bits per heavy atom. The fourth-order valence-corrected chi connectivity index (χ4v) is 4.98. The number of aryl methyl sites for hydroxylation is 1. The molecule has 9 heteroatoms. The Balaban J connectivity index is 0.000000187. The van der Waals surface area contributed by atoms with E-state index >= 15 is 0 Å². The molecule has 3 rings (SSSR count). The number of rotatable bonds is 5. The molecule has 1 aliphatic rings. The lowest BCUT2D eigenvalue weighted by Gasteiger charge is -2.18. The first-order valence-electron chi connectivity index (χ1n) is 7.69. The standard InChI is InChI=1S/C11H10S2.C6H8O7/c1-2-4-10-8(3-1)9-5-6-12-7-11(9)13-10;7-3(8)1-6(13,5(11)12)2-4(9)10/h1-4H,5-7H2;13H,1-2H2,(H,7,8)(H,9,10)(H,11,12). The second-order valence-corrected chi connectivity index (χ2v) is 8.02. The van der Waals surface area contributed by atoms with E-state index in [0.717, 1.165) is 0 Å². The van der Waals surface area contributed by atoms with Crippen LogP contribution in [-0.4, -0.2) is 49.7 Å². The van der Waals surface area contributed by atoms with Crippen LogP contribution in [0.2, 0.25) is 0 Å². The van der Waals surface area contributed by atoms with Crippen molar-refractivity contribution in [2.45, 2.75) is 30.6 Å². The van der Waals surface area contributed by atoms with Crippen molar-refractivity contribution >= 4 is 51.1 Å². The van der Waals surface area contributed by atoms with Crippen LogP contribution in [0.5, 0.6) is 0 Å². The molecule has 0 amide bonds. The molecule has 1 aliphatic heterocycles. The number of carboxylic acid groups (broad SMARTS) is 3. The number of aliphatic carboxylic acids is 3. The van der Waals surface area contributed by atoms with Gasteiger partial charge in [0.1, 0.15) is 0 Å². The molecular formula is C17H18O7S2. The molecule has 4 N–H and O–H groups in total. The Bertz CT molecular complexity index is 812. The van der Waals surface area contributed by atoms with Crippen LogP contribution in [0.3, 0.4) is 0 Å². The third-order valence-electron chi connectivity index (χ3n) is 3.80. The van der Waals surface area contributed by atoms with Gasteiger partial charge in [0.25, 0.3) is 0 Å². The van der Waals surface area contributed by atoms with Gasteiger partial charge in [0, 0.05) is 15.3 Å². The van der Waals surface area contributed by atoms with E-state index in [-0.39, 0.29) is 0 Å². The Morgan fingerprint density at radius 1 is 1.04 bits per heavy atom. The van der Waals surface area contributed by atoms with Gasteiger partial charge in [-0.2, -0.15) is 11.8 Å². The van der Waals surface area contributed by atoms with Crippen molar-refractivity contribution in [3.8, 4) is 0 Å². The average Bonchev–Trinajstić information content (AvgIpc) is 2.92. The van der Waals surface area contributed by atoms with Gasteiger partial charge < -0.3 is 20.4 Å². The summed E-state index contributed by atoms with van der Waals surface area (Å²) in [6, 6.07) is 8.79. The minimum absolute atomic E-state index is 1.14. The number of benzene rings is 1. The van der Waals surface area contributed by atoms with Crippen molar-refractivity contribution in [2.75, 3.05) is 5.75 Å². The molecule has 0 radical (unpaired) electrons. The van der Waals surface area contributed by atoms with Crippen molar-refractivity contribution in [2.24, 2.45) is 0 Å². The number of hydrogen-bond donors (Lipinski definition) is 4. The number of hydrogen-bond acceptors (Lipinski definition) is 6. The molecule has 7 nitrogen and oxygen atoms in total. The van der Waals surface area contributed by atoms with Gasteiger partial charge in [-0.3, -0.25) is 9.59 Å². The van der Waals surface area contributed by atoms with Gasteiger partial charge in [-0.05, 0) is 29.2 Å². The summed E-state index contributed by atoms with van der Waals surface area (Å²) in [4.78, 5) is 32.1. The van der Waals surface area contributed by atoms with Crippen molar-refractivity contribution in [1.29, 1.82) is 0 Å². The minimum Gasteiger partial charge on any atom is -0.481 e. The average molecular weight is 398 g/mol. The fraction of sp³-hybridized carbons (Fsp3) is 0.353. The van der Waals surface area contributed by atoms with Crippen LogP contribution in [0.15, 0.2) is 24.3 Å². The predicted molar refractivity (Wildman–Crippen MR) is 98.8 cm³/mol. The summed E-state index contributed by atoms with van der Waals surface area (Å²) in [5, 5.41) is 35.3. The number of aliphatic hydroxyl groups is 1. The molecule has 0 aliphatic carbocycles. The smallest absolute Gasteiger partial charge is 0.336 e. The highest BCUT2D eigenvalue weighted by molar-refractivity contribution is 7.98. The van der Waals surface area contributed by atoms with Crippen molar-refractivity contribution < 1.29 is 34.8 Å². The van der Waals surface area contributed by atoms with E-state index in [1.54, 1.807) is 10.4 Å². The van der Waals surface area contributed by atoms with Gasteiger partial charge in [0.05, 0.1) is 12.8 Å². The van der Waals surface area contributed by atoms with Gasteiger partial charge in [0.15, 0.2) is 5.60 Å². The molecule has 1 aromatic heterocycles. The van der Waals surface area contributed by atoms with Gasteiger partial charge in [-0.15, -0.1) is 11.3 Å². The normalized spacial score (nSPS) is 13.4. The van der Waals surface area contributed by atoms with Crippen LogP contribution in [-0.2, 0) is 26.6 Å². The van der Waals surface area contributed by atoms with Crippen LogP contribution in [0.1, 0.15) is 23.3 Å². The van der Waals surface area contributed by atoms with E-state index in [1.807, 2.05) is 11.3 Å². The number of carbonyl (C=O) groups is 3. The first-order chi connectivity index (χ1) is 12.2. The molecule has 0 unspecified atom stereocenters. The quantitative estimate of drug-likeness (QED) is 0.604. The molecule has 26 heavy (non-hydrogen) atoms. The highest BCUT2D eigenvalue weighted by Crippen LogP contribution is 2.37. The molecule has 0 saturated heterocycles. The van der Waals surface area contributed by atoms with Crippen LogP contribution >= 0.6 is 23.1 Å². The Labute approximate surface area is 157 Å². The summed E-state index contributed by atoms with van der Waals surface area (Å²) in [7, 11) is 0. The number of thioether (sulfide) groups is 1. The molecule has 2 aromatic rings. The molecular weight excluding hydrogens is 380 g/mol. The molecule has 0 saturated carbocycles. The molecule has 2 heterocycles. The van der Waals surface area contributed by atoms with Gasteiger partial charge >= 0.3 is 17.9 Å². The second-order valence-electron chi connectivity index (χ2n) is 5.78. The zero-order valence-electron chi connectivity index (χ0n) is 13.7. The van der Waals surface area contributed by atoms with Crippen molar-refractivity contribution in [1.82, 2.24) is 0 Å². The van der Waals surface area contributed by atoms with Crippen LogP contribution in [0.4, 0.5) is 0 Å². The number of carboxylic acids is 3. The summed E-state index contributed by atoms with van der Waals surface area (Å²) in [5.41, 5.74) is -1.11. The van der Waals surface area contributed by atoms with E-state index in [0.29, 0.717) is 0 Å². The lowest BCUT2D eigenvalue weighted by Crippen LogP contribution is -2.42. The number of fused-ring (bicyclic) bond motifs is 3. The fourth-order valence-electron chi connectivity index (χ4n) is 2.59. The molecule has 0 atom stereocenters. The van der Waals surface area contributed by atoms with E-state index in [1.165, 1.54) is 28.0 Å². The van der Waals surface area contributed by atoms with E-state index in [9.17, 15) is 14.4 Å². The molecule has 1 aromatic carbocycles. The monoisotopic (exact) mass is 398 g/mol. The van der Waals surface area contributed by atoms with E-state index in [2.05, 4.69) is 36.0 Å². The Morgan fingerprint density at radius 2 is 1.65 bits per heavy atom. The maximum absolute atomic E-state index is 10.3. The summed E-state index contributed by atoms with van der Waals surface area (Å²) < 4.78 is 1.47. The first kappa shape index (κ1) is 20.2. The number of thiophene rings is 1. The summed E-state index contributed by atoms with van der Waals surface area (Å²) >= 11 is 4.04. The Kier molecular flexibility index (Phi) is 6.63. The molecule has 0 bridgehead atoms. The Hall–Kier alpha value is -2.10. The molecule has 140 valence electrons. The minimum atomic E-state index is -2.74. The van der Waals surface area contributed by atoms with Crippen molar-refractivity contribution in [3.63, 3.8) is 0 Å². The van der Waals surface area contributed by atoms with Gasteiger partial charge in [0.2, 0.25) is 0 Å². The van der Waals surface area contributed by atoms with Gasteiger partial charge in [-0.25, -0.2) is 4.79 Å². The van der Waals surface area contributed by atoms with Gasteiger partial charge in [-0.1, -0.05) is 18.2 Å². The SMILES string of the molecule is O=C(O)CC(O)(CC(=O)O)C(=O)O.c1ccc2c3c(sc2c1)CSCC3. The van der Waals surface area contributed by atoms with Crippen LogP contribution < -0.4 is 0 Å². The predicted octanol–water partition coefficient (Wildman–Crippen LogP) is 2.44. The highest BCUT2D eigenvalue weighted by atomic mass is 32.2. The van der Waals surface area contributed by atoms with Crippen LogP contribution in [0, 0.1) is 0 Å². The third-order valence-corrected chi connectivity index (χ3v) is 6.18. The lowest BCUT2D eigenvalue weighted by molar-refractivity contribution is -0.170. The first-order valence-corrected chi connectivity index (χ1v) is 9.66. The molecule has 0 spiro atoms. The second kappa shape index (κ2) is 8.52. The third kappa shape index (κ3) is 4.96. The van der Waals surface area contributed by atoms with E-state index in [4.69, 9.17) is 20.4 Å². The van der Waals surface area contributed by atoms with E-state index < -0.39 is 36.4 Å². The lowest BCUT2D eigenvalue weighted by atomic mass is 9.96. The largest absolute Gasteiger partial charge is 0.481 e.